The quantitative estimate of drug-likeness (QED) is 0.612. The molecule has 0 saturated carbocycles. The Kier molecular flexibility index (Phi) is 6.51. The number of anilines is 1. The Morgan fingerprint density at radius 3 is 2.72 bits per heavy atom. The second kappa shape index (κ2) is 9.49. The Morgan fingerprint density at radius 2 is 2.00 bits per heavy atom. The summed E-state index contributed by atoms with van der Waals surface area (Å²) in [6, 6.07) is 12.4. The maximum Gasteiger partial charge on any atom is 0.263 e. The first kappa shape index (κ1) is 22.0. The largest absolute Gasteiger partial charge is 0.338 e. The van der Waals surface area contributed by atoms with Gasteiger partial charge in [0.2, 0.25) is 5.95 Å². The lowest BCUT2D eigenvalue weighted by molar-refractivity contribution is 0.517. The van der Waals surface area contributed by atoms with Crippen molar-refractivity contribution in [2.45, 2.75) is 38.8 Å². The standard InChI is InChI=1S/C26H31N5O/c1-5-19-8-6-9-21(16-19)23-24(20-11-13-27-14-12-20)29-26(30(4)25(23)32)31-15-7-10-22(31)17-28-18(2)3/h5-6,8-9,11-14,16,18,22,28H,1,7,10,15,17H2,2-4H3. The Bertz CT molecular complexity index is 1150. The molecule has 1 saturated heterocycles. The molecule has 166 valence electrons. The van der Waals surface area contributed by atoms with E-state index in [0.717, 1.165) is 48.6 Å². The van der Waals surface area contributed by atoms with Crippen LogP contribution in [0.2, 0.25) is 0 Å². The van der Waals surface area contributed by atoms with E-state index in [0.29, 0.717) is 23.3 Å². The zero-order chi connectivity index (χ0) is 22.7. The van der Waals surface area contributed by atoms with E-state index in [9.17, 15) is 4.79 Å². The molecule has 0 radical (unpaired) electrons. The average molecular weight is 430 g/mol. The fraction of sp³-hybridized carbons (Fsp3) is 0.346. The minimum atomic E-state index is -0.0505. The first-order valence-electron chi connectivity index (χ1n) is 11.2. The summed E-state index contributed by atoms with van der Waals surface area (Å²) >= 11 is 0. The normalized spacial score (nSPS) is 16.0. The summed E-state index contributed by atoms with van der Waals surface area (Å²) in [5, 5.41) is 3.54. The number of aromatic nitrogens is 3. The summed E-state index contributed by atoms with van der Waals surface area (Å²) < 4.78 is 1.70. The highest BCUT2D eigenvalue weighted by Crippen LogP contribution is 2.32. The molecule has 3 heterocycles. The molecule has 32 heavy (non-hydrogen) atoms. The summed E-state index contributed by atoms with van der Waals surface area (Å²) in [6.45, 7) is 9.95. The van der Waals surface area contributed by atoms with Crippen LogP contribution in [0.5, 0.6) is 0 Å². The number of nitrogens with zero attached hydrogens (tertiary/aromatic N) is 4. The second-order valence-electron chi connectivity index (χ2n) is 8.62. The van der Waals surface area contributed by atoms with Crippen molar-refractivity contribution >= 4 is 12.0 Å². The van der Waals surface area contributed by atoms with Gasteiger partial charge in [0.1, 0.15) is 0 Å². The summed E-state index contributed by atoms with van der Waals surface area (Å²) in [6.07, 6.45) is 7.45. The van der Waals surface area contributed by atoms with Crippen molar-refractivity contribution in [3.63, 3.8) is 0 Å². The Morgan fingerprint density at radius 1 is 1.22 bits per heavy atom. The highest BCUT2D eigenvalue weighted by molar-refractivity contribution is 5.81. The van der Waals surface area contributed by atoms with Crippen LogP contribution >= 0.6 is 0 Å². The summed E-state index contributed by atoms with van der Waals surface area (Å²) in [5.74, 6) is 0.721. The van der Waals surface area contributed by atoms with E-state index < -0.39 is 0 Å². The third-order valence-electron chi connectivity index (χ3n) is 6.03. The molecular formula is C26H31N5O. The molecule has 1 aromatic carbocycles. The molecule has 0 spiro atoms. The minimum Gasteiger partial charge on any atom is -0.338 e. The smallest absolute Gasteiger partial charge is 0.263 e. The molecule has 1 atom stereocenters. The monoisotopic (exact) mass is 429 g/mol. The summed E-state index contributed by atoms with van der Waals surface area (Å²) in [4.78, 5) is 25.3. The van der Waals surface area contributed by atoms with Gasteiger partial charge in [-0.1, -0.05) is 44.7 Å². The van der Waals surface area contributed by atoms with Crippen LogP contribution in [-0.4, -0.2) is 39.7 Å². The lowest BCUT2D eigenvalue weighted by Crippen LogP contribution is -2.43. The number of hydrogen-bond donors (Lipinski definition) is 1. The fourth-order valence-corrected chi connectivity index (χ4v) is 4.33. The molecule has 1 N–H and O–H groups in total. The molecule has 1 aliphatic rings. The number of benzene rings is 1. The lowest BCUT2D eigenvalue weighted by atomic mass is 9.99. The van der Waals surface area contributed by atoms with E-state index in [1.807, 2.05) is 43.4 Å². The number of nitrogens with one attached hydrogen (secondary N) is 1. The molecule has 6 nitrogen and oxygen atoms in total. The third-order valence-corrected chi connectivity index (χ3v) is 6.03. The van der Waals surface area contributed by atoms with Crippen LogP contribution in [0.3, 0.4) is 0 Å². The van der Waals surface area contributed by atoms with Gasteiger partial charge in [0.25, 0.3) is 5.56 Å². The average Bonchev–Trinajstić information content (AvgIpc) is 3.28. The molecule has 0 bridgehead atoms. The molecular weight excluding hydrogens is 398 g/mol. The van der Waals surface area contributed by atoms with Crippen molar-refractivity contribution in [1.29, 1.82) is 0 Å². The highest BCUT2D eigenvalue weighted by atomic mass is 16.1. The maximum atomic E-state index is 13.8. The van der Waals surface area contributed by atoms with E-state index in [-0.39, 0.29) is 5.56 Å². The van der Waals surface area contributed by atoms with E-state index >= 15 is 0 Å². The van der Waals surface area contributed by atoms with E-state index in [1.165, 1.54) is 0 Å². The van der Waals surface area contributed by atoms with Crippen LogP contribution in [0.15, 0.2) is 60.2 Å². The SMILES string of the molecule is C=Cc1cccc(-c2c(-c3ccncc3)nc(N3CCCC3CNC(C)C)n(C)c2=O)c1. The summed E-state index contributed by atoms with van der Waals surface area (Å²) in [7, 11) is 1.83. The molecule has 3 aromatic rings. The van der Waals surface area contributed by atoms with E-state index in [1.54, 1.807) is 23.0 Å². The fourth-order valence-electron chi connectivity index (χ4n) is 4.33. The van der Waals surface area contributed by atoms with Gasteiger partial charge in [0.05, 0.1) is 11.3 Å². The van der Waals surface area contributed by atoms with Gasteiger partial charge in [0.15, 0.2) is 0 Å². The Balaban J connectivity index is 1.88. The molecule has 1 fully saturated rings. The van der Waals surface area contributed by atoms with E-state index in [2.05, 4.69) is 35.6 Å². The molecule has 1 aliphatic heterocycles. The molecule has 1 unspecified atom stereocenters. The van der Waals surface area contributed by atoms with Crippen LogP contribution in [0.1, 0.15) is 32.3 Å². The minimum absolute atomic E-state index is 0.0505. The van der Waals surface area contributed by atoms with Crippen molar-refractivity contribution in [3.05, 3.63) is 71.3 Å². The molecule has 2 aromatic heterocycles. The van der Waals surface area contributed by atoms with Gasteiger partial charge < -0.3 is 10.2 Å². The van der Waals surface area contributed by atoms with Gasteiger partial charge in [-0.25, -0.2) is 4.98 Å². The number of hydrogen-bond acceptors (Lipinski definition) is 5. The number of rotatable bonds is 7. The van der Waals surface area contributed by atoms with Gasteiger partial charge in [-0.05, 0) is 42.2 Å². The van der Waals surface area contributed by atoms with Gasteiger partial charge in [-0.2, -0.15) is 0 Å². The highest BCUT2D eigenvalue weighted by Gasteiger charge is 2.29. The zero-order valence-electron chi connectivity index (χ0n) is 19.1. The van der Waals surface area contributed by atoms with Crippen molar-refractivity contribution in [1.82, 2.24) is 19.9 Å². The third kappa shape index (κ3) is 4.36. The van der Waals surface area contributed by atoms with Crippen molar-refractivity contribution in [3.8, 4) is 22.4 Å². The van der Waals surface area contributed by atoms with Crippen LogP contribution in [0.4, 0.5) is 5.95 Å². The first-order chi connectivity index (χ1) is 15.5. The van der Waals surface area contributed by atoms with Gasteiger partial charge in [0, 0.05) is 50.2 Å². The predicted octanol–water partition coefficient (Wildman–Crippen LogP) is 4.12. The van der Waals surface area contributed by atoms with Crippen LogP contribution in [0.25, 0.3) is 28.5 Å². The Labute approximate surface area is 189 Å². The van der Waals surface area contributed by atoms with Crippen molar-refractivity contribution in [2.75, 3.05) is 18.0 Å². The molecule has 0 aliphatic carbocycles. The first-order valence-corrected chi connectivity index (χ1v) is 11.2. The zero-order valence-corrected chi connectivity index (χ0v) is 19.1. The van der Waals surface area contributed by atoms with Crippen LogP contribution < -0.4 is 15.8 Å². The van der Waals surface area contributed by atoms with Gasteiger partial charge in [-0.3, -0.25) is 14.3 Å². The van der Waals surface area contributed by atoms with Gasteiger partial charge in [-0.15, -0.1) is 0 Å². The second-order valence-corrected chi connectivity index (χ2v) is 8.62. The number of pyridine rings is 1. The Hall–Kier alpha value is -3.25. The van der Waals surface area contributed by atoms with Crippen LogP contribution in [-0.2, 0) is 7.05 Å². The lowest BCUT2D eigenvalue weighted by Gasteiger charge is -2.29. The van der Waals surface area contributed by atoms with Crippen molar-refractivity contribution in [2.24, 2.45) is 7.05 Å². The van der Waals surface area contributed by atoms with Crippen molar-refractivity contribution < 1.29 is 0 Å². The maximum absolute atomic E-state index is 13.8. The van der Waals surface area contributed by atoms with E-state index in [4.69, 9.17) is 4.98 Å². The predicted molar refractivity (Wildman–Crippen MR) is 132 cm³/mol. The topological polar surface area (TPSA) is 63.1 Å². The van der Waals surface area contributed by atoms with Gasteiger partial charge >= 0.3 is 0 Å². The van der Waals surface area contributed by atoms with Crippen LogP contribution in [0, 0.1) is 0 Å². The summed E-state index contributed by atoms with van der Waals surface area (Å²) in [5.41, 5.74) is 3.93. The molecule has 0 amide bonds. The molecule has 6 heteroatoms. The molecule has 4 rings (SSSR count).